The van der Waals surface area contributed by atoms with Gasteiger partial charge in [0.25, 0.3) is 0 Å². The van der Waals surface area contributed by atoms with Crippen LogP contribution in [-0.4, -0.2) is 46.9 Å². The number of amides is 2. The highest BCUT2D eigenvalue weighted by atomic mass is 16.5. The van der Waals surface area contributed by atoms with Crippen molar-refractivity contribution >= 4 is 17.8 Å². The number of Topliss-reactive ketones (excluding diaryl/α,β-unsaturated/α-hetero) is 1. The minimum absolute atomic E-state index is 0.0878. The molecule has 2 N–H and O–H groups in total. The van der Waals surface area contributed by atoms with Crippen LogP contribution in [0.5, 0.6) is 0 Å². The molecule has 7 nitrogen and oxygen atoms in total. The van der Waals surface area contributed by atoms with Crippen LogP contribution in [0, 0.1) is 13.8 Å². The van der Waals surface area contributed by atoms with Crippen LogP contribution in [0.4, 0.5) is 4.79 Å². The minimum Gasteiger partial charge on any atom is -0.460 e. The third-order valence-corrected chi connectivity index (χ3v) is 4.07. The second-order valence-electron chi connectivity index (χ2n) is 5.74. The Morgan fingerprint density at radius 1 is 1.30 bits per heavy atom. The number of urea groups is 1. The van der Waals surface area contributed by atoms with Gasteiger partial charge in [-0.1, -0.05) is 0 Å². The number of carbonyl (C=O) groups excluding carboxylic acids is 3. The van der Waals surface area contributed by atoms with Gasteiger partial charge in [0.2, 0.25) is 0 Å². The maximum atomic E-state index is 12.3. The first-order valence-corrected chi connectivity index (χ1v) is 7.53. The van der Waals surface area contributed by atoms with Crippen molar-refractivity contribution in [3.63, 3.8) is 0 Å². The molecule has 0 aliphatic carbocycles. The van der Waals surface area contributed by atoms with Crippen molar-refractivity contribution < 1.29 is 19.1 Å². The highest BCUT2D eigenvalue weighted by Gasteiger charge is 2.28. The van der Waals surface area contributed by atoms with Crippen molar-refractivity contribution in [3.8, 4) is 0 Å². The Balaban J connectivity index is 2.10. The lowest BCUT2D eigenvalue weighted by Crippen LogP contribution is -2.42. The molecule has 7 heteroatoms. The molecular weight excluding hydrogens is 298 g/mol. The molecule has 2 heterocycles. The first-order chi connectivity index (χ1) is 10.8. The summed E-state index contributed by atoms with van der Waals surface area (Å²) in [6.45, 7) is 5.51. The van der Waals surface area contributed by atoms with Crippen molar-refractivity contribution in [3.05, 3.63) is 28.6 Å². The van der Waals surface area contributed by atoms with Crippen molar-refractivity contribution in [2.24, 2.45) is 5.73 Å². The maximum absolute atomic E-state index is 12.3. The number of pyridine rings is 1. The zero-order valence-electron chi connectivity index (χ0n) is 13.6. The molecule has 0 bridgehead atoms. The number of nitrogens with two attached hydrogens (primary N) is 1. The smallest absolute Gasteiger partial charge is 0.340 e. The fourth-order valence-corrected chi connectivity index (χ4v) is 2.84. The molecule has 23 heavy (non-hydrogen) atoms. The van der Waals surface area contributed by atoms with E-state index in [-0.39, 0.29) is 24.0 Å². The predicted molar refractivity (Wildman–Crippen MR) is 83.3 cm³/mol. The Labute approximate surface area is 134 Å². The van der Waals surface area contributed by atoms with Gasteiger partial charge in [-0.3, -0.25) is 9.78 Å². The van der Waals surface area contributed by atoms with Gasteiger partial charge in [-0.25, -0.2) is 9.59 Å². The van der Waals surface area contributed by atoms with Gasteiger partial charge in [-0.05, 0) is 39.7 Å². The molecule has 124 valence electrons. The first kappa shape index (κ1) is 16.9. The number of hydrogen-bond donors (Lipinski definition) is 1. The molecule has 0 radical (unpaired) electrons. The zero-order chi connectivity index (χ0) is 17.1. The minimum atomic E-state index is -0.547. The number of carbonyl (C=O) groups is 3. The number of ketones is 1. The van der Waals surface area contributed by atoms with Gasteiger partial charge < -0.3 is 15.4 Å². The van der Waals surface area contributed by atoms with E-state index in [2.05, 4.69) is 4.98 Å². The van der Waals surface area contributed by atoms with E-state index in [1.54, 1.807) is 13.8 Å². The molecule has 1 aliphatic rings. The summed E-state index contributed by atoms with van der Waals surface area (Å²) in [5.41, 5.74) is 7.07. The van der Waals surface area contributed by atoms with E-state index < -0.39 is 12.0 Å². The fourth-order valence-electron chi connectivity index (χ4n) is 2.84. The van der Waals surface area contributed by atoms with E-state index in [1.165, 1.54) is 17.9 Å². The Kier molecular flexibility index (Phi) is 4.98. The lowest BCUT2D eigenvalue weighted by Gasteiger charge is -2.22. The van der Waals surface area contributed by atoms with Crippen LogP contribution in [0.2, 0.25) is 0 Å². The van der Waals surface area contributed by atoms with Gasteiger partial charge in [0.15, 0.2) is 5.78 Å². The van der Waals surface area contributed by atoms with Crippen LogP contribution in [0.3, 0.4) is 0 Å². The quantitative estimate of drug-likeness (QED) is 0.671. The van der Waals surface area contributed by atoms with Crippen LogP contribution < -0.4 is 5.73 Å². The molecule has 1 aliphatic heterocycles. The second-order valence-corrected chi connectivity index (χ2v) is 5.74. The van der Waals surface area contributed by atoms with E-state index in [0.717, 1.165) is 12.8 Å². The average Bonchev–Trinajstić information content (AvgIpc) is 2.93. The molecule has 1 saturated heterocycles. The number of ether oxygens (including phenoxy) is 1. The third kappa shape index (κ3) is 3.67. The molecule has 1 aromatic heterocycles. The van der Waals surface area contributed by atoms with Gasteiger partial charge in [0.1, 0.15) is 6.61 Å². The Morgan fingerprint density at radius 3 is 2.57 bits per heavy atom. The van der Waals surface area contributed by atoms with Crippen molar-refractivity contribution in [2.45, 2.75) is 39.7 Å². The summed E-state index contributed by atoms with van der Waals surface area (Å²) >= 11 is 0. The van der Waals surface area contributed by atoms with Crippen LogP contribution in [-0.2, 0) is 4.74 Å². The number of likely N-dealkylation sites (tertiary alicyclic amines) is 1. The number of nitrogens with zero attached hydrogens (tertiary/aromatic N) is 2. The monoisotopic (exact) mass is 319 g/mol. The normalized spacial score (nSPS) is 17.2. The molecule has 0 aromatic carbocycles. The number of aryl methyl sites for hydroxylation is 2. The maximum Gasteiger partial charge on any atom is 0.340 e. The lowest BCUT2D eigenvalue weighted by atomic mass is 10.1. The van der Waals surface area contributed by atoms with Crippen molar-refractivity contribution in [1.82, 2.24) is 9.88 Å². The summed E-state index contributed by atoms with van der Waals surface area (Å²) in [6, 6.07) is 0.820. The highest BCUT2D eigenvalue weighted by Crippen LogP contribution is 2.19. The molecule has 1 atom stereocenters. The fraction of sp³-hybridized carbons (Fsp3) is 0.500. The summed E-state index contributed by atoms with van der Waals surface area (Å²) < 4.78 is 5.31. The predicted octanol–water partition coefficient (Wildman–Crippen LogP) is 1.60. The second kappa shape index (κ2) is 6.76. The standard InChI is InChI=1S/C16H21N3O4/c1-9-13(11(3)20)7-14(10(2)18-9)15(21)23-8-12-5-4-6-19(12)16(17)22/h7,12H,4-6,8H2,1-3H3,(H2,17,22). The molecule has 1 unspecified atom stereocenters. The SMILES string of the molecule is CC(=O)c1cc(C(=O)OCC2CCCN2C(N)=O)c(C)nc1C. The van der Waals surface area contributed by atoms with Gasteiger partial charge in [-0.15, -0.1) is 0 Å². The topological polar surface area (TPSA) is 103 Å². The molecular formula is C16H21N3O4. The first-order valence-electron chi connectivity index (χ1n) is 7.53. The number of hydrogen-bond acceptors (Lipinski definition) is 5. The molecule has 1 aromatic rings. The van der Waals surface area contributed by atoms with Gasteiger partial charge in [-0.2, -0.15) is 0 Å². The number of primary amides is 1. The zero-order valence-corrected chi connectivity index (χ0v) is 13.6. The third-order valence-electron chi connectivity index (χ3n) is 4.07. The van der Waals surface area contributed by atoms with Crippen LogP contribution in [0.1, 0.15) is 51.9 Å². The van der Waals surface area contributed by atoms with Crippen molar-refractivity contribution in [2.75, 3.05) is 13.2 Å². The molecule has 2 rings (SSSR count). The van der Waals surface area contributed by atoms with E-state index in [9.17, 15) is 14.4 Å². The van der Waals surface area contributed by atoms with Crippen molar-refractivity contribution in [1.29, 1.82) is 0 Å². The summed E-state index contributed by atoms with van der Waals surface area (Å²) in [4.78, 5) is 40.9. The summed E-state index contributed by atoms with van der Waals surface area (Å²) in [7, 11) is 0. The molecule has 1 fully saturated rings. The number of rotatable bonds is 4. The Hall–Kier alpha value is -2.44. The number of esters is 1. The summed E-state index contributed by atoms with van der Waals surface area (Å²) in [5.74, 6) is -0.700. The number of aromatic nitrogens is 1. The Bertz CT molecular complexity index is 657. The van der Waals surface area contributed by atoms with Gasteiger partial charge >= 0.3 is 12.0 Å². The van der Waals surface area contributed by atoms with E-state index in [0.29, 0.717) is 23.5 Å². The van der Waals surface area contributed by atoms with Crippen LogP contribution in [0.15, 0.2) is 6.07 Å². The van der Waals surface area contributed by atoms with E-state index in [1.807, 2.05) is 0 Å². The molecule has 0 saturated carbocycles. The van der Waals surface area contributed by atoms with Crippen LogP contribution >= 0.6 is 0 Å². The average molecular weight is 319 g/mol. The van der Waals surface area contributed by atoms with Crippen LogP contribution in [0.25, 0.3) is 0 Å². The Morgan fingerprint density at radius 2 is 1.96 bits per heavy atom. The van der Waals surface area contributed by atoms with E-state index in [4.69, 9.17) is 10.5 Å². The van der Waals surface area contributed by atoms with Gasteiger partial charge in [0.05, 0.1) is 17.3 Å². The summed E-state index contributed by atoms with van der Waals surface area (Å²) in [5, 5.41) is 0. The largest absolute Gasteiger partial charge is 0.460 e. The molecule has 0 spiro atoms. The van der Waals surface area contributed by atoms with Gasteiger partial charge in [0, 0.05) is 17.8 Å². The highest BCUT2D eigenvalue weighted by molar-refractivity contribution is 5.99. The molecule has 2 amide bonds. The van der Waals surface area contributed by atoms with E-state index >= 15 is 0 Å². The summed E-state index contributed by atoms with van der Waals surface area (Å²) in [6.07, 6.45) is 1.59. The lowest BCUT2D eigenvalue weighted by molar-refractivity contribution is 0.0420.